The van der Waals surface area contributed by atoms with Crippen molar-refractivity contribution in [2.45, 2.75) is 0 Å². The Labute approximate surface area is 72.7 Å². The molecule has 0 rings (SSSR count). The summed E-state index contributed by atoms with van der Waals surface area (Å²) in [6.07, 6.45) is 1.64. The van der Waals surface area contributed by atoms with Crippen molar-refractivity contribution in [3.05, 3.63) is 12.7 Å². The van der Waals surface area contributed by atoms with Crippen molar-refractivity contribution < 1.29 is 10.2 Å². The lowest BCUT2D eigenvalue weighted by Gasteiger charge is -1.94. The van der Waals surface area contributed by atoms with E-state index in [0.717, 1.165) is 0 Å². The largest absolute Gasteiger partial charge is 0.395 e. The molecule has 0 saturated carbocycles. The predicted octanol–water partition coefficient (Wildman–Crippen LogP) is -0.0282. The highest BCUT2D eigenvalue weighted by Crippen LogP contribution is 1.67. The molecular formula is C7H16ClNO2. The Balaban J connectivity index is 0. The van der Waals surface area contributed by atoms with Gasteiger partial charge in [0.25, 0.3) is 0 Å². The summed E-state index contributed by atoms with van der Waals surface area (Å²) in [7, 11) is 0. The third-order valence-electron chi connectivity index (χ3n) is 0.686. The van der Waals surface area contributed by atoms with Crippen molar-refractivity contribution in [3.8, 4) is 0 Å². The molecule has 3 N–H and O–H groups in total. The van der Waals surface area contributed by atoms with E-state index in [1.807, 2.05) is 0 Å². The first-order chi connectivity index (χ1) is 5.33. The zero-order chi connectivity index (χ0) is 8.95. The molecule has 0 atom stereocenters. The number of alkyl halides is 1. The van der Waals surface area contributed by atoms with Gasteiger partial charge in [-0.2, -0.15) is 0 Å². The van der Waals surface area contributed by atoms with Crippen LogP contribution >= 0.6 is 11.6 Å². The van der Waals surface area contributed by atoms with Gasteiger partial charge in [-0.05, 0) is 0 Å². The molecule has 0 bridgehead atoms. The molecule has 0 aromatic carbocycles. The third kappa shape index (κ3) is 25.7. The first kappa shape index (κ1) is 13.5. The second-order valence-corrected chi connectivity index (χ2v) is 1.95. The summed E-state index contributed by atoms with van der Waals surface area (Å²) in [5.74, 6) is 0.556. The van der Waals surface area contributed by atoms with Crippen LogP contribution < -0.4 is 5.32 Å². The number of aliphatic hydroxyl groups excluding tert-OH is 2. The van der Waals surface area contributed by atoms with Gasteiger partial charge >= 0.3 is 0 Å². The van der Waals surface area contributed by atoms with E-state index < -0.39 is 0 Å². The predicted molar refractivity (Wildman–Crippen MR) is 48.0 cm³/mol. The second-order valence-electron chi connectivity index (χ2n) is 1.64. The van der Waals surface area contributed by atoms with Gasteiger partial charge in [-0.1, -0.05) is 6.08 Å². The highest BCUT2D eigenvalue weighted by atomic mass is 35.5. The molecule has 0 unspecified atom stereocenters. The Morgan fingerprint density at radius 2 is 1.64 bits per heavy atom. The molecular weight excluding hydrogens is 166 g/mol. The summed E-state index contributed by atoms with van der Waals surface area (Å²) in [5, 5.41) is 19.1. The fourth-order valence-electron chi connectivity index (χ4n) is 0.283. The first-order valence-corrected chi connectivity index (χ1v) is 3.96. The van der Waals surface area contributed by atoms with Crippen LogP contribution in [0.3, 0.4) is 0 Å². The van der Waals surface area contributed by atoms with Crippen LogP contribution in [0.5, 0.6) is 0 Å². The highest BCUT2D eigenvalue weighted by Gasteiger charge is 1.78. The van der Waals surface area contributed by atoms with Gasteiger partial charge in [-0.3, -0.25) is 0 Å². The van der Waals surface area contributed by atoms with Gasteiger partial charge in [0, 0.05) is 19.0 Å². The van der Waals surface area contributed by atoms with Crippen LogP contribution in [0.25, 0.3) is 0 Å². The summed E-state index contributed by atoms with van der Waals surface area (Å²) in [4.78, 5) is 0. The van der Waals surface area contributed by atoms with Gasteiger partial charge in [0.15, 0.2) is 0 Å². The Kier molecular flexibility index (Phi) is 20.2. The Morgan fingerprint density at radius 3 is 1.82 bits per heavy atom. The van der Waals surface area contributed by atoms with Crippen molar-refractivity contribution in [1.29, 1.82) is 0 Å². The lowest BCUT2D eigenvalue weighted by atomic mass is 10.6. The molecule has 0 saturated heterocycles. The lowest BCUT2D eigenvalue weighted by Crippen LogP contribution is -2.21. The van der Waals surface area contributed by atoms with Crippen molar-refractivity contribution in [2.75, 3.05) is 32.2 Å². The minimum absolute atomic E-state index is 0.139. The molecule has 0 aliphatic carbocycles. The summed E-state index contributed by atoms with van der Waals surface area (Å²) in [6, 6.07) is 0. The first-order valence-electron chi connectivity index (χ1n) is 3.42. The number of allylic oxidation sites excluding steroid dienone is 1. The molecule has 0 radical (unpaired) electrons. The van der Waals surface area contributed by atoms with Crippen LogP contribution in [-0.2, 0) is 0 Å². The number of rotatable bonds is 5. The molecule has 0 aromatic heterocycles. The normalized spacial score (nSPS) is 8.27. The van der Waals surface area contributed by atoms with Gasteiger partial charge in [0.2, 0.25) is 0 Å². The molecule has 0 spiro atoms. The van der Waals surface area contributed by atoms with Gasteiger partial charge < -0.3 is 15.5 Å². The van der Waals surface area contributed by atoms with Gasteiger partial charge in [0.1, 0.15) is 0 Å². The summed E-state index contributed by atoms with van der Waals surface area (Å²) < 4.78 is 0. The second kappa shape index (κ2) is 16.5. The maximum atomic E-state index is 8.15. The maximum Gasteiger partial charge on any atom is 0.0555 e. The van der Waals surface area contributed by atoms with Crippen LogP contribution in [0, 0.1) is 0 Å². The van der Waals surface area contributed by atoms with E-state index in [-0.39, 0.29) is 13.2 Å². The molecule has 0 amide bonds. The standard InChI is InChI=1S/C4H11NO2.C3H5Cl/c6-3-1-5-2-4-7;1-2-3-4/h5-7H,1-4H2;2H,1,3H2. The molecule has 0 fully saturated rings. The van der Waals surface area contributed by atoms with Crippen LogP contribution in [0.15, 0.2) is 12.7 Å². The lowest BCUT2D eigenvalue weighted by molar-refractivity contribution is 0.267. The Hall–Kier alpha value is -0.0900. The quantitative estimate of drug-likeness (QED) is 0.317. The molecule has 4 heteroatoms. The zero-order valence-electron chi connectivity index (χ0n) is 6.59. The zero-order valence-corrected chi connectivity index (χ0v) is 7.35. The van der Waals surface area contributed by atoms with Crippen LogP contribution in [0.1, 0.15) is 0 Å². The maximum absolute atomic E-state index is 8.15. The van der Waals surface area contributed by atoms with E-state index >= 15 is 0 Å². The average Bonchev–Trinajstić information content (AvgIpc) is 2.06. The Bertz CT molecular complexity index is 67.5. The minimum Gasteiger partial charge on any atom is -0.395 e. The fourth-order valence-corrected chi connectivity index (χ4v) is 0.283. The highest BCUT2D eigenvalue weighted by molar-refractivity contribution is 6.18. The third-order valence-corrected chi connectivity index (χ3v) is 0.904. The van der Waals surface area contributed by atoms with E-state index in [9.17, 15) is 0 Å². The van der Waals surface area contributed by atoms with E-state index in [0.29, 0.717) is 19.0 Å². The van der Waals surface area contributed by atoms with Gasteiger partial charge in [-0.25, -0.2) is 0 Å². The molecule has 3 nitrogen and oxygen atoms in total. The Morgan fingerprint density at radius 1 is 1.27 bits per heavy atom. The molecule has 0 aromatic rings. The molecule has 0 heterocycles. The number of hydrogen-bond acceptors (Lipinski definition) is 3. The van der Waals surface area contributed by atoms with E-state index in [1.54, 1.807) is 6.08 Å². The monoisotopic (exact) mass is 181 g/mol. The van der Waals surface area contributed by atoms with Crippen molar-refractivity contribution in [3.63, 3.8) is 0 Å². The molecule has 11 heavy (non-hydrogen) atoms. The van der Waals surface area contributed by atoms with E-state index in [2.05, 4.69) is 11.9 Å². The summed E-state index contributed by atoms with van der Waals surface area (Å²) >= 11 is 5.07. The number of halogens is 1. The molecule has 0 aliphatic rings. The molecule has 68 valence electrons. The van der Waals surface area contributed by atoms with E-state index in [4.69, 9.17) is 21.8 Å². The number of aliphatic hydroxyl groups is 2. The van der Waals surface area contributed by atoms with Gasteiger partial charge in [-0.15, -0.1) is 18.2 Å². The average molecular weight is 182 g/mol. The van der Waals surface area contributed by atoms with Gasteiger partial charge in [0.05, 0.1) is 13.2 Å². The van der Waals surface area contributed by atoms with Crippen molar-refractivity contribution >= 4 is 11.6 Å². The minimum atomic E-state index is 0.139. The number of nitrogens with one attached hydrogen (secondary N) is 1. The number of hydrogen-bond donors (Lipinski definition) is 3. The summed E-state index contributed by atoms with van der Waals surface area (Å²) in [5.41, 5.74) is 0. The smallest absolute Gasteiger partial charge is 0.0555 e. The van der Waals surface area contributed by atoms with Crippen LogP contribution in [0.2, 0.25) is 0 Å². The molecule has 0 aliphatic heterocycles. The summed E-state index contributed by atoms with van der Waals surface area (Å²) in [6.45, 7) is 4.77. The topological polar surface area (TPSA) is 52.5 Å². The van der Waals surface area contributed by atoms with E-state index in [1.165, 1.54) is 0 Å². The van der Waals surface area contributed by atoms with Crippen molar-refractivity contribution in [2.24, 2.45) is 0 Å². The fraction of sp³-hybridized carbons (Fsp3) is 0.714. The van der Waals surface area contributed by atoms with Crippen molar-refractivity contribution in [1.82, 2.24) is 5.32 Å². The van der Waals surface area contributed by atoms with Crippen LogP contribution in [0.4, 0.5) is 0 Å². The SMILES string of the molecule is C=CCCl.OCCNCCO. The van der Waals surface area contributed by atoms with Crippen LogP contribution in [-0.4, -0.2) is 42.4 Å².